The Morgan fingerprint density at radius 3 is 2.19 bits per heavy atom. The SMILES string of the molecule is COCCOC(=O)N1C(=O)[C@@]2(c3ccccc31)[C@H](c1ccc(O)cc1)N1[C@H](c3ccccc3)[C@H](c3ccccc3)OC(=O)[C@H]1[C@@H]2C(=O)Nc1nc2ccccc2s1. The molecule has 0 bridgehead atoms. The maximum atomic E-state index is 15.8. The molecule has 2 fully saturated rings. The van der Waals surface area contributed by atoms with Crippen LogP contribution in [0.25, 0.3) is 10.2 Å². The average molecular weight is 781 g/mol. The molecule has 0 unspecified atom stereocenters. The quantitative estimate of drug-likeness (QED) is 0.121. The summed E-state index contributed by atoms with van der Waals surface area (Å²) in [5.41, 5.74) is 1.30. The highest BCUT2D eigenvalue weighted by molar-refractivity contribution is 7.22. The van der Waals surface area contributed by atoms with E-state index in [4.69, 9.17) is 14.2 Å². The van der Waals surface area contributed by atoms with Gasteiger partial charge in [-0.2, -0.15) is 0 Å². The number of nitrogens with zero attached hydrogens (tertiary/aromatic N) is 3. The van der Waals surface area contributed by atoms with E-state index in [0.29, 0.717) is 22.2 Å². The van der Waals surface area contributed by atoms with Gasteiger partial charge in [0.1, 0.15) is 29.9 Å². The molecule has 3 aliphatic rings. The molecule has 0 saturated carbocycles. The number of esters is 1. The number of fused-ring (bicyclic) bond motifs is 4. The van der Waals surface area contributed by atoms with Crippen molar-refractivity contribution in [1.82, 2.24) is 9.88 Å². The van der Waals surface area contributed by atoms with Gasteiger partial charge in [0.05, 0.1) is 40.5 Å². The lowest BCUT2D eigenvalue weighted by Crippen LogP contribution is -2.54. The number of imide groups is 1. The number of carbonyl (C=O) groups is 4. The van der Waals surface area contributed by atoms with Crippen LogP contribution in [0.3, 0.4) is 0 Å². The van der Waals surface area contributed by atoms with Crippen molar-refractivity contribution in [2.75, 3.05) is 30.5 Å². The molecule has 13 heteroatoms. The summed E-state index contributed by atoms with van der Waals surface area (Å²) in [5.74, 6) is -3.63. The minimum Gasteiger partial charge on any atom is -0.508 e. The van der Waals surface area contributed by atoms with Crippen molar-refractivity contribution in [3.8, 4) is 5.75 Å². The van der Waals surface area contributed by atoms with Crippen LogP contribution in [-0.2, 0) is 34.0 Å². The van der Waals surface area contributed by atoms with Crippen LogP contribution < -0.4 is 10.2 Å². The summed E-state index contributed by atoms with van der Waals surface area (Å²) in [4.78, 5) is 67.8. The smallest absolute Gasteiger partial charge is 0.421 e. The molecule has 5 aromatic carbocycles. The molecule has 4 heterocycles. The first-order chi connectivity index (χ1) is 27.8. The number of hydrogen-bond acceptors (Lipinski definition) is 11. The molecule has 1 aromatic heterocycles. The first-order valence-electron chi connectivity index (χ1n) is 18.5. The molecule has 6 aromatic rings. The van der Waals surface area contributed by atoms with Gasteiger partial charge in [0.2, 0.25) is 11.8 Å². The zero-order chi connectivity index (χ0) is 39.3. The van der Waals surface area contributed by atoms with Gasteiger partial charge in [-0.05, 0) is 52.6 Å². The molecule has 12 nitrogen and oxygen atoms in total. The highest BCUT2D eigenvalue weighted by Gasteiger charge is 2.75. The number of aromatic hydroxyl groups is 1. The zero-order valence-corrected chi connectivity index (χ0v) is 31.4. The number of rotatable bonds is 8. The van der Waals surface area contributed by atoms with Crippen LogP contribution >= 0.6 is 11.3 Å². The number of morpholine rings is 1. The van der Waals surface area contributed by atoms with Crippen molar-refractivity contribution in [1.29, 1.82) is 0 Å². The van der Waals surface area contributed by atoms with Crippen LogP contribution in [0.1, 0.15) is 40.4 Å². The van der Waals surface area contributed by atoms with Gasteiger partial charge >= 0.3 is 12.1 Å². The number of amides is 3. The highest BCUT2D eigenvalue weighted by atomic mass is 32.1. The number of benzene rings is 5. The number of anilines is 2. The third kappa shape index (κ3) is 5.85. The van der Waals surface area contributed by atoms with Crippen LogP contribution in [0.2, 0.25) is 0 Å². The lowest BCUT2D eigenvalue weighted by Gasteiger charge is -2.46. The maximum Gasteiger partial charge on any atom is 0.421 e. The van der Waals surface area contributed by atoms with Crippen LogP contribution in [0.5, 0.6) is 5.75 Å². The first kappa shape index (κ1) is 36.2. The predicted octanol–water partition coefficient (Wildman–Crippen LogP) is 7.09. The molecular weight excluding hydrogens is 745 g/mol. The largest absolute Gasteiger partial charge is 0.508 e. The van der Waals surface area contributed by atoms with E-state index >= 15 is 9.59 Å². The second-order valence-electron chi connectivity index (χ2n) is 14.1. The Morgan fingerprint density at radius 1 is 0.807 bits per heavy atom. The Balaban J connectivity index is 1.32. The number of cyclic esters (lactones) is 1. The van der Waals surface area contributed by atoms with Crippen LogP contribution in [0.15, 0.2) is 133 Å². The number of carbonyl (C=O) groups excluding carboxylic acids is 4. The first-order valence-corrected chi connectivity index (χ1v) is 19.3. The van der Waals surface area contributed by atoms with Crippen molar-refractivity contribution in [2.45, 2.75) is 29.6 Å². The van der Waals surface area contributed by atoms with E-state index in [1.165, 1.54) is 30.6 Å². The normalized spacial score (nSPS) is 23.9. The summed E-state index contributed by atoms with van der Waals surface area (Å²) in [7, 11) is 1.47. The minimum atomic E-state index is -1.93. The van der Waals surface area contributed by atoms with E-state index in [-0.39, 0.29) is 29.8 Å². The fourth-order valence-corrected chi connectivity index (χ4v) is 9.75. The Kier molecular flexibility index (Phi) is 9.27. The fourth-order valence-electron chi connectivity index (χ4n) is 8.89. The molecular formula is C44H36N4O8S. The number of phenolic OH excluding ortho intramolecular Hbond substituents is 1. The van der Waals surface area contributed by atoms with Gasteiger partial charge in [0.15, 0.2) is 5.13 Å². The molecule has 2 saturated heterocycles. The molecule has 6 atom stereocenters. The van der Waals surface area contributed by atoms with Crippen LogP contribution in [0, 0.1) is 5.92 Å². The molecule has 9 rings (SSSR count). The Morgan fingerprint density at radius 2 is 1.47 bits per heavy atom. The van der Waals surface area contributed by atoms with Crippen molar-refractivity contribution in [3.63, 3.8) is 0 Å². The van der Waals surface area contributed by atoms with Crippen LogP contribution in [0.4, 0.5) is 15.6 Å². The number of thiazole rings is 1. The van der Waals surface area contributed by atoms with E-state index in [9.17, 15) is 14.7 Å². The summed E-state index contributed by atoms with van der Waals surface area (Å²) < 4.78 is 18.0. The second-order valence-corrected chi connectivity index (χ2v) is 15.1. The van der Waals surface area contributed by atoms with E-state index in [1.807, 2.05) is 89.8 Å². The van der Waals surface area contributed by atoms with E-state index in [0.717, 1.165) is 15.2 Å². The fraction of sp³-hybridized carbons (Fsp3) is 0.205. The Labute approximate surface area is 331 Å². The number of ether oxygens (including phenoxy) is 3. The standard InChI is InChI=1S/C44H36N4O8S/c1-54-24-25-55-43(53)47-32-18-10-8-16-30(32)44(41(47)52)34(39(50)46-42-45-31-17-9-11-19-33(31)57-42)36-40(51)56-37(27-14-6-3-7-15-27)35(26-12-4-2-5-13-26)48(36)38(44)28-20-22-29(49)23-21-28/h2-23,34-38,49H,24-25H2,1H3,(H,45,46,50)/t34-,35-,36-,37+,38+,44-/m1/s1. The van der Waals surface area contributed by atoms with Crippen molar-refractivity contribution >= 4 is 56.2 Å². The number of phenols is 1. The van der Waals surface area contributed by atoms with Crippen molar-refractivity contribution in [2.24, 2.45) is 5.92 Å². The second kappa shape index (κ2) is 14.6. The van der Waals surface area contributed by atoms with Crippen molar-refractivity contribution in [3.05, 3.63) is 156 Å². The third-order valence-electron chi connectivity index (χ3n) is 11.1. The van der Waals surface area contributed by atoms with Crippen LogP contribution in [-0.4, -0.2) is 65.2 Å². The van der Waals surface area contributed by atoms with Gasteiger partial charge in [-0.3, -0.25) is 19.3 Å². The summed E-state index contributed by atoms with van der Waals surface area (Å²) in [6.07, 6.45) is -1.83. The van der Waals surface area contributed by atoms with Gasteiger partial charge in [-0.25, -0.2) is 14.7 Å². The maximum absolute atomic E-state index is 15.8. The molecule has 0 aliphatic carbocycles. The number of para-hydroxylation sites is 2. The van der Waals surface area contributed by atoms with Gasteiger partial charge in [-0.15, -0.1) is 0 Å². The van der Waals surface area contributed by atoms with E-state index in [2.05, 4.69) is 10.3 Å². The zero-order valence-electron chi connectivity index (χ0n) is 30.6. The Hall–Kier alpha value is -6.41. The van der Waals surface area contributed by atoms with E-state index in [1.54, 1.807) is 36.4 Å². The Bertz CT molecular complexity index is 2460. The average Bonchev–Trinajstić information content (AvgIpc) is 3.87. The van der Waals surface area contributed by atoms with Gasteiger partial charge in [-0.1, -0.05) is 114 Å². The van der Waals surface area contributed by atoms with Gasteiger partial charge < -0.3 is 24.6 Å². The number of methoxy groups -OCH3 is 1. The highest BCUT2D eigenvalue weighted by Crippen LogP contribution is 2.66. The minimum absolute atomic E-state index is 0.0196. The molecule has 3 amide bonds. The van der Waals surface area contributed by atoms with E-state index < -0.39 is 59.4 Å². The predicted molar refractivity (Wildman–Crippen MR) is 212 cm³/mol. The molecule has 3 aliphatic heterocycles. The number of aromatic nitrogens is 1. The molecule has 57 heavy (non-hydrogen) atoms. The molecule has 0 radical (unpaired) electrons. The summed E-state index contributed by atoms with van der Waals surface area (Å²) >= 11 is 1.26. The lowest BCUT2D eigenvalue weighted by molar-refractivity contribution is -0.177. The number of nitrogens with one attached hydrogen (secondary N) is 1. The topological polar surface area (TPSA) is 148 Å². The lowest BCUT2D eigenvalue weighted by atomic mass is 9.65. The van der Waals surface area contributed by atoms with Gasteiger partial charge in [0, 0.05) is 7.11 Å². The monoisotopic (exact) mass is 780 g/mol. The number of hydrogen-bond donors (Lipinski definition) is 2. The third-order valence-corrected chi connectivity index (χ3v) is 12.0. The molecule has 1 spiro atoms. The van der Waals surface area contributed by atoms with Crippen molar-refractivity contribution < 1.29 is 38.5 Å². The van der Waals surface area contributed by atoms with Gasteiger partial charge in [0.25, 0.3) is 0 Å². The summed E-state index contributed by atoms with van der Waals surface area (Å²) in [5, 5.41) is 13.8. The molecule has 2 N–H and O–H groups in total. The summed E-state index contributed by atoms with van der Waals surface area (Å²) in [6, 6.07) is 36.3. The molecule has 286 valence electrons. The summed E-state index contributed by atoms with van der Waals surface area (Å²) in [6.45, 7) is -0.0433.